The Morgan fingerprint density at radius 3 is 1.24 bits per heavy atom. The molecule has 0 unspecified atom stereocenters. The third-order valence-corrected chi connectivity index (χ3v) is 6.14. The Morgan fingerprint density at radius 1 is 0.552 bits per heavy atom. The van der Waals surface area contributed by atoms with E-state index in [0.29, 0.717) is 11.1 Å². The fourth-order valence-corrected chi connectivity index (χ4v) is 4.37. The topological polar surface area (TPSA) is 40.6 Å². The zero-order chi connectivity index (χ0) is 20.1. The quantitative estimate of drug-likeness (QED) is 0.507. The van der Waals surface area contributed by atoms with Gasteiger partial charge in [-0.05, 0) is 87.1 Å². The third kappa shape index (κ3) is 4.87. The van der Waals surface area contributed by atoms with Crippen LogP contribution in [0.5, 0.6) is 0 Å². The Morgan fingerprint density at radius 2 is 0.897 bits per heavy atom. The lowest BCUT2D eigenvalue weighted by molar-refractivity contribution is 0.0894. The van der Waals surface area contributed by atoms with Crippen LogP contribution >= 0.6 is 0 Å². The molecule has 0 aromatic heterocycles. The summed E-state index contributed by atoms with van der Waals surface area (Å²) >= 11 is 0. The molecule has 2 aliphatic heterocycles. The van der Waals surface area contributed by atoms with Crippen molar-refractivity contribution in [1.82, 2.24) is 0 Å². The normalized spacial score (nSPS) is 17.2. The molecule has 2 aliphatic rings. The van der Waals surface area contributed by atoms with Crippen molar-refractivity contribution < 1.29 is 9.59 Å². The van der Waals surface area contributed by atoms with E-state index in [4.69, 9.17) is 0 Å². The van der Waals surface area contributed by atoms with Gasteiger partial charge < -0.3 is 9.80 Å². The number of anilines is 2. The summed E-state index contributed by atoms with van der Waals surface area (Å²) in [5.74, 6) is -0.222. The second-order valence-corrected chi connectivity index (χ2v) is 8.21. The molecule has 0 saturated carbocycles. The molecule has 0 bridgehead atoms. The Bertz CT molecular complexity index is 759. The van der Waals surface area contributed by atoms with Gasteiger partial charge in [-0.25, -0.2) is 0 Å². The summed E-state index contributed by atoms with van der Waals surface area (Å²) in [7, 11) is 0. The predicted molar refractivity (Wildman–Crippen MR) is 118 cm³/mol. The van der Waals surface area contributed by atoms with Crippen molar-refractivity contribution in [1.29, 1.82) is 0 Å². The first-order valence-electron chi connectivity index (χ1n) is 11.0. The molecule has 0 aliphatic carbocycles. The molecule has 0 spiro atoms. The molecule has 0 amide bonds. The third-order valence-electron chi connectivity index (χ3n) is 6.14. The molecule has 2 saturated heterocycles. The van der Waals surface area contributed by atoms with E-state index in [2.05, 4.69) is 9.80 Å². The predicted octanol–water partition coefficient (Wildman–Crippen LogP) is 5.12. The van der Waals surface area contributed by atoms with Gasteiger partial charge in [0.05, 0.1) is 6.42 Å². The number of nitrogens with zero attached hydrogens (tertiary/aromatic N) is 2. The summed E-state index contributed by atoms with van der Waals surface area (Å²) in [6, 6.07) is 15.5. The number of rotatable bonds is 6. The summed E-state index contributed by atoms with van der Waals surface area (Å²) in [5.41, 5.74) is 3.56. The van der Waals surface area contributed by atoms with Crippen molar-refractivity contribution in [2.24, 2.45) is 0 Å². The first-order valence-corrected chi connectivity index (χ1v) is 11.0. The maximum absolute atomic E-state index is 12.6. The molecule has 152 valence electrons. The maximum Gasteiger partial charge on any atom is 0.170 e. The van der Waals surface area contributed by atoms with E-state index in [1.54, 1.807) is 0 Å². The molecular formula is C25H30N2O2. The minimum Gasteiger partial charge on any atom is -0.372 e. The highest BCUT2D eigenvalue weighted by molar-refractivity contribution is 6.13. The fraction of sp³-hybridized carbons (Fsp3) is 0.440. The fourth-order valence-electron chi connectivity index (χ4n) is 4.37. The van der Waals surface area contributed by atoms with Gasteiger partial charge in [-0.1, -0.05) is 0 Å². The molecule has 0 atom stereocenters. The summed E-state index contributed by atoms with van der Waals surface area (Å²) in [5, 5.41) is 0. The monoisotopic (exact) mass is 390 g/mol. The van der Waals surface area contributed by atoms with Crippen molar-refractivity contribution in [2.75, 3.05) is 36.0 Å². The van der Waals surface area contributed by atoms with Crippen LogP contribution in [-0.2, 0) is 0 Å². The number of carbonyl (C=O) groups is 2. The van der Waals surface area contributed by atoms with E-state index in [9.17, 15) is 9.59 Å². The van der Waals surface area contributed by atoms with Gasteiger partial charge in [0, 0.05) is 48.7 Å². The van der Waals surface area contributed by atoms with Crippen LogP contribution < -0.4 is 9.80 Å². The molecule has 0 N–H and O–H groups in total. The van der Waals surface area contributed by atoms with E-state index in [-0.39, 0.29) is 18.0 Å². The Hall–Kier alpha value is -2.62. The number of ketones is 2. The second-order valence-electron chi connectivity index (χ2n) is 8.21. The van der Waals surface area contributed by atoms with Crippen LogP contribution in [0.25, 0.3) is 0 Å². The Balaban J connectivity index is 1.35. The molecule has 4 nitrogen and oxygen atoms in total. The van der Waals surface area contributed by atoms with Gasteiger partial charge >= 0.3 is 0 Å². The molecule has 0 radical (unpaired) electrons. The first kappa shape index (κ1) is 19.7. The largest absolute Gasteiger partial charge is 0.372 e. The smallest absolute Gasteiger partial charge is 0.170 e. The number of benzene rings is 2. The van der Waals surface area contributed by atoms with Crippen LogP contribution in [0.2, 0.25) is 0 Å². The van der Waals surface area contributed by atoms with Crippen molar-refractivity contribution in [3.63, 3.8) is 0 Å². The van der Waals surface area contributed by atoms with Crippen LogP contribution in [0, 0.1) is 0 Å². The minimum atomic E-state index is -0.111. The highest BCUT2D eigenvalue weighted by atomic mass is 16.1. The summed E-state index contributed by atoms with van der Waals surface area (Å²) in [6.07, 6.45) is 7.43. The van der Waals surface area contributed by atoms with Gasteiger partial charge in [-0.15, -0.1) is 0 Å². The molecule has 4 heteroatoms. The van der Waals surface area contributed by atoms with Crippen molar-refractivity contribution in [3.05, 3.63) is 59.7 Å². The highest BCUT2D eigenvalue weighted by Crippen LogP contribution is 2.22. The molecule has 2 heterocycles. The summed E-state index contributed by atoms with van der Waals surface area (Å²) in [6.45, 7) is 4.33. The number of Topliss-reactive ketones (excluding diaryl/α,β-unsaturated/α-hetero) is 2. The van der Waals surface area contributed by atoms with E-state index >= 15 is 0 Å². The van der Waals surface area contributed by atoms with Crippen LogP contribution in [0.15, 0.2) is 48.5 Å². The van der Waals surface area contributed by atoms with Gasteiger partial charge in [-0.2, -0.15) is 0 Å². The molecule has 29 heavy (non-hydrogen) atoms. The van der Waals surface area contributed by atoms with E-state index in [1.807, 2.05) is 48.5 Å². The lowest BCUT2D eigenvalue weighted by atomic mass is 10.0. The summed E-state index contributed by atoms with van der Waals surface area (Å²) in [4.78, 5) is 29.9. The van der Waals surface area contributed by atoms with Crippen molar-refractivity contribution in [3.8, 4) is 0 Å². The zero-order valence-electron chi connectivity index (χ0n) is 17.1. The van der Waals surface area contributed by atoms with E-state index in [1.165, 1.54) is 49.9 Å². The maximum atomic E-state index is 12.6. The number of hydrogen-bond donors (Lipinski definition) is 0. The Kier molecular flexibility index (Phi) is 6.28. The van der Waals surface area contributed by atoms with Crippen molar-refractivity contribution >= 4 is 22.9 Å². The van der Waals surface area contributed by atoms with Gasteiger partial charge in [0.25, 0.3) is 0 Å². The van der Waals surface area contributed by atoms with Gasteiger partial charge in [0.1, 0.15) is 0 Å². The number of hydrogen-bond acceptors (Lipinski definition) is 4. The molecule has 4 rings (SSSR count). The minimum absolute atomic E-state index is 0.0773. The average Bonchev–Trinajstić information content (AvgIpc) is 2.80. The van der Waals surface area contributed by atoms with Crippen molar-refractivity contribution in [2.45, 2.75) is 44.9 Å². The first-order chi connectivity index (χ1) is 14.2. The zero-order valence-corrected chi connectivity index (χ0v) is 17.1. The van der Waals surface area contributed by atoms with Gasteiger partial charge in [0.2, 0.25) is 0 Å². The molecular weight excluding hydrogens is 360 g/mol. The molecule has 2 aromatic rings. The second kappa shape index (κ2) is 9.25. The van der Waals surface area contributed by atoms with Crippen LogP contribution in [0.1, 0.15) is 65.7 Å². The molecule has 2 fully saturated rings. The SMILES string of the molecule is O=C(CC(=O)c1ccc(N2CCCCC2)cc1)c1ccc(N2CCCCC2)cc1. The Labute approximate surface area is 173 Å². The van der Waals surface area contributed by atoms with Gasteiger partial charge in [0.15, 0.2) is 11.6 Å². The van der Waals surface area contributed by atoms with Gasteiger partial charge in [-0.3, -0.25) is 9.59 Å². The van der Waals surface area contributed by atoms with Crippen LogP contribution in [-0.4, -0.2) is 37.7 Å². The standard InChI is InChI=1S/C25H30N2O2/c28-24(20-7-11-22(12-8-20)26-15-3-1-4-16-26)19-25(29)21-9-13-23(14-10-21)27-17-5-2-6-18-27/h7-14H,1-6,15-19H2. The lowest BCUT2D eigenvalue weighted by Crippen LogP contribution is -2.29. The van der Waals surface area contributed by atoms with Crippen LogP contribution in [0.3, 0.4) is 0 Å². The lowest BCUT2D eigenvalue weighted by Gasteiger charge is -2.28. The van der Waals surface area contributed by atoms with Crippen LogP contribution in [0.4, 0.5) is 11.4 Å². The number of piperidine rings is 2. The van der Waals surface area contributed by atoms with E-state index in [0.717, 1.165) is 26.2 Å². The number of carbonyl (C=O) groups excluding carboxylic acids is 2. The molecule has 2 aromatic carbocycles. The highest BCUT2D eigenvalue weighted by Gasteiger charge is 2.16. The summed E-state index contributed by atoms with van der Waals surface area (Å²) < 4.78 is 0. The van der Waals surface area contributed by atoms with E-state index < -0.39 is 0 Å². The average molecular weight is 391 g/mol.